The van der Waals surface area contributed by atoms with Crippen molar-refractivity contribution in [1.82, 2.24) is 0 Å². The molecule has 1 saturated heterocycles. The average Bonchev–Trinajstić information content (AvgIpc) is 3.27. The van der Waals surface area contributed by atoms with Crippen molar-refractivity contribution < 1.29 is 49.0 Å². The van der Waals surface area contributed by atoms with Crippen molar-refractivity contribution in [1.29, 1.82) is 0 Å². The van der Waals surface area contributed by atoms with E-state index in [4.69, 9.17) is 18.9 Å². The number of esters is 2. The second-order valence-corrected chi connectivity index (χ2v) is 18.4. The number of hydrogen-bond donors (Lipinski definition) is 4. The summed E-state index contributed by atoms with van der Waals surface area (Å²) in [5.41, 5.74) is 0. The van der Waals surface area contributed by atoms with Crippen LogP contribution in [-0.4, -0.2) is 89.0 Å². The van der Waals surface area contributed by atoms with E-state index in [2.05, 4.69) is 13.5 Å². The summed E-state index contributed by atoms with van der Waals surface area (Å²) in [7, 11) is 0. The molecule has 1 aliphatic rings. The van der Waals surface area contributed by atoms with E-state index >= 15 is 0 Å². The van der Waals surface area contributed by atoms with Gasteiger partial charge in [0, 0.05) is 12.8 Å². The number of rotatable bonds is 46. The number of carbonyl (C=O) groups excluding carboxylic acids is 2. The lowest BCUT2D eigenvalue weighted by atomic mass is 9.99. The number of allylic oxidation sites excluding steroid dienone is 1. The Hall–Kier alpha value is -1.56. The zero-order chi connectivity index (χ0) is 45.1. The minimum Gasteiger partial charge on any atom is -0.462 e. The van der Waals surface area contributed by atoms with Crippen LogP contribution in [0.25, 0.3) is 0 Å². The van der Waals surface area contributed by atoms with Crippen LogP contribution in [0.15, 0.2) is 12.7 Å². The number of unbranched alkanes of at least 4 members (excludes halogenated alkanes) is 34. The van der Waals surface area contributed by atoms with Crippen LogP contribution in [0.1, 0.15) is 251 Å². The smallest absolute Gasteiger partial charge is 0.306 e. The Labute approximate surface area is 380 Å². The van der Waals surface area contributed by atoms with Crippen molar-refractivity contribution in [3.8, 4) is 0 Å². The number of hydrogen-bond acceptors (Lipinski definition) is 10. The molecule has 1 fully saturated rings. The van der Waals surface area contributed by atoms with Crippen LogP contribution in [0.2, 0.25) is 0 Å². The largest absolute Gasteiger partial charge is 0.462 e. The molecule has 0 amide bonds. The van der Waals surface area contributed by atoms with Gasteiger partial charge in [-0.05, 0) is 25.7 Å². The molecule has 0 saturated carbocycles. The zero-order valence-electron chi connectivity index (χ0n) is 40.0. The van der Waals surface area contributed by atoms with Gasteiger partial charge in [-0.2, -0.15) is 0 Å². The first-order valence-electron chi connectivity index (χ1n) is 26.2. The summed E-state index contributed by atoms with van der Waals surface area (Å²) in [6.45, 7) is 5.00. The molecule has 4 N–H and O–H groups in total. The van der Waals surface area contributed by atoms with E-state index < -0.39 is 49.4 Å². The maximum atomic E-state index is 12.8. The van der Waals surface area contributed by atoms with Crippen molar-refractivity contribution in [2.75, 3.05) is 19.8 Å². The van der Waals surface area contributed by atoms with Gasteiger partial charge >= 0.3 is 11.9 Å². The minimum atomic E-state index is -1.59. The summed E-state index contributed by atoms with van der Waals surface area (Å²) in [5.74, 6) is -0.793. The van der Waals surface area contributed by atoms with E-state index in [0.29, 0.717) is 6.42 Å². The first kappa shape index (κ1) is 58.5. The topological polar surface area (TPSA) is 152 Å². The van der Waals surface area contributed by atoms with Crippen molar-refractivity contribution in [2.24, 2.45) is 0 Å². The fraction of sp³-hybridized carbons (Fsp3) is 0.923. The SMILES string of the molecule is C=CCCCCCCCCCCCCCCCC(=O)O[C@@H](COC(=O)CCCCCCCCCCCCCCCCCCCCCCCC)CO[C@H]1O[C@@H](CO)[C@@H](O)C(O)C1O. The number of carbonyl (C=O) groups is 2. The maximum Gasteiger partial charge on any atom is 0.306 e. The molecule has 10 heteroatoms. The Morgan fingerprint density at radius 1 is 0.516 bits per heavy atom. The monoisotopic (exact) mass is 883 g/mol. The fourth-order valence-electron chi connectivity index (χ4n) is 8.41. The van der Waals surface area contributed by atoms with Crippen LogP contribution in [-0.2, 0) is 28.5 Å². The van der Waals surface area contributed by atoms with Gasteiger partial charge in [0.1, 0.15) is 31.0 Å². The highest BCUT2D eigenvalue weighted by Crippen LogP contribution is 2.23. The van der Waals surface area contributed by atoms with Gasteiger partial charge in [-0.15, -0.1) is 6.58 Å². The van der Waals surface area contributed by atoms with Gasteiger partial charge in [-0.1, -0.05) is 218 Å². The maximum absolute atomic E-state index is 12.8. The molecule has 2 unspecified atom stereocenters. The molecule has 1 rings (SSSR count). The van der Waals surface area contributed by atoms with E-state index in [0.717, 1.165) is 44.9 Å². The Morgan fingerprint density at radius 3 is 1.27 bits per heavy atom. The Balaban J connectivity index is 2.20. The molecular weight excluding hydrogens is 785 g/mol. The third-order valence-corrected chi connectivity index (χ3v) is 12.5. The average molecular weight is 883 g/mol. The molecular formula is C52H98O10. The number of aliphatic hydroxyl groups is 4. The van der Waals surface area contributed by atoms with E-state index in [9.17, 15) is 30.0 Å². The Bertz CT molecular complexity index is 1010. The Morgan fingerprint density at radius 2 is 0.887 bits per heavy atom. The third-order valence-electron chi connectivity index (χ3n) is 12.5. The van der Waals surface area contributed by atoms with Gasteiger partial charge in [-0.3, -0.25) is 9.59 Å². The molecule has 10 nitrogen and oxygen atoms in total. The van der Waals surface area contributed by atoms with Crippen LogP contribution in [0, 0.1) is 0 Å². The van der Waals surface area contributed by atoms with Crippen molar-refractivity contribution in [3.05, 3.63) is 12.7 Å². The molecule has 0 spiro atoms. The predicted molar refractivity (Wildman–Crippen MR) is 252 cm³/mol. The van der Waals surface area contributed by atoms with E-state index in [1.54, 1.807) is 0 Å². The highest BCUT2D eigenvalue weighted by Gasteiger charge is 2.44. The van der Waals surface area contributed by atoms with Gasteiger partial charge in [0.2, 0.25) is 0 Å². The van der Waals surface area contributed by atoms with Crippen molar-refractivity contribution >= 4 is 11.9 Å². The van der Waals surface area contributed by atoms with Gasteiger partial charge in [-0.25, -0.2) is 0 Å². The van der Waals surface area contributed by atoms with E-state index in [-0.39, 0.29) is 32.0 Å². The lowest BCUT2D eigenvalue weighted by Gasteiger charge is -2.39. The molecule has 1 heterocycles. The van der Waals surface area contributed by atoms with Crippen LogP contribution in [0.5, 0.6) is 0 Å². The van der Waals surface area contributed by atoms with E-state index in [1.165, 1.54) is 180 Å². The molecule has 366 valence electrons. The lowest BCUT2D eigenvalue weighted by Crippen LogP contribution is -2.59. The summed E-state index contributed by atoms with van der Waals surface area (Å²) in [5, 5.41) is 40.2. The second-order valence-electron chi connectivity index (χ2n) is 18.4. The Kier molecular flexibility index (Phi) is 40.9. The highest BCUT2D eigenvalue weighted by molar-refractivity contribution is 5.70. The van der Waals surface area contributed by atoms with Gasteiger partial charge in [0.25, 0.3) is 0 Å². The molecule has 0 aromatic heterocycles. The molecule has 6 atom stereocenters. The normalized spacial score (nSPS) is 19.4. The zero-order valence-corrected chi connectivity index (χ0v) is 40.0. The van der Waals surface area contributed by atoms with Crippen LogP contribution >= 0.6 is 0 Å². The third kappa shape index (κ3) is 33.9. The molecule has 0 radical (unpaired) electrons. The van der Waals surface area contributed by atoms with Gasteiger partial charge in [0.15, 0.2) is 12.4 Å². The number of aliphatic hydroxyl groups excluding tert-OH is 4. The summed E-state index contributed by atoms with van der Waals surface area (Å²) >= 11 is 0. The second kappa shape index (κ2) is 43.3. The van der Waals surface area contributed by atoms with Crippen LogP contribution in [0.3, 0.4) is 0 Å². The minimum absolute atomic E-state index is 0.212. The molecule has 0 bridgehead atoms. The first-order valence-corrected chi connectivity index (χ1v) is 26.2. The van der Waals surface area contributed by atoms with Crippen molar-refractivity contribution in [3.63, 3.8) is 0 Å². The fourth-order valence-corrected chi connectivity index (χ4v) is 8.41. The van der Waals surface area contributed by atoms with E-state index in [1.807, 2.05) is 6.08 Å². The van der Waals surface area contributed by atoms with Crippen LogP contribution < -0.4 is 0 Å². The van der Waals surface area contributed by atoms with Crippen molar-refractivity contribution in [2.45, 2.75) is 288 Å². The highest BCUT2D eigenvalue weighted by atomic mass is 16.7. The summed E-state index contributed by atoms with van der Waals surface area (Å²) in [4.78, 5) is 25.4. The van der Waals surface area contributed by atoms with Gasteiger partial charge in [0.05, 0.1) is 13.2 Å². The molecule has 1 aliphatic heterocycles. The number of ether oxygens (including phenoxy) is 4. The molecule has 0 aliphatic carbocycles. The summed E-state index contributed by atoms with van der Waals surface area (Å²) in [6, 6.07) is 0. The standard InChI is InChI=1S/C52H98O10/c1-3-5-7-9-11-13-15-17-19-20-21-22-23-24-25-27-28-30-32-34-36-38-40-47(54)59-43-45(44-60-52-51(58)50(57)49(56)46(42-53)62-52)61-48(55)41-39-37-35-33-31-29-26-18-16-14-12-10-8-6-4-2/h4,45-46,49-53,56-58H,2-3,5-44H2,1H3/t45-,46-,49+,50?,51?,52-/m0/s1. The summed E-state index contributed by atoms with van der Waals surface area (Å²) < 4.78 is 22.3. The molecule has 0 aromatic rings. The lowest BCUT2D eigenvalue weighted by molar-refractivity contribution is -0.305. The predicted octanol–water partition coefficient (Wildman–Crippen LogP) is 12.3. The van der Waals surface area contributed by atoms with Crippen LogP contribution in [0.4, 0.5) is 0 Å². The molecule has 62 heavy (non-hydrogen) atoms. The summed E-state index contributed by atoms with van der Waals surface area (Å²) in [6.07, 6.45) is 39.7. The quantitative estimate of drug-likeness (QED) is 0.0264. The first-order chi connectivity index (χ1) is 30.3. The molecule has 0 aromatic carbocycles. The van der Waals surface area contributed by atoms with Gasteiger partial charge < -0.3 is 39.4 Å².